The lowest BCUT2D eigenvalue weighted by atomic mass is 9.91. The van der Waals surface area contributed by atoms with E-state index in [2.05, 4.69) is 5.43 Å². The maximum Gasteiger partial charge on any atom is 0.341 e. The summed E-state index contributed by atoms with van der Waals surface area (Å²) < 4.78 is 6.22. The summed E-state index contributed by atoms with van der Waals surface area (Å²) in [6.07, 6.45) is 0. The van der Waals surface area contributed by atoms with Crippen LogP contribution in [0.25, 0.3) is 0 Å². The average molecular weight is 392 g/mol. The molecule has 0 aliphatic carbocycles. The molecule has 0 saturated heterocycles. The molecule has 0 amide bonds. The van der Waals surface area contributed by atoms with Crippen molar-refractivity contribution in [1.29, 1.82) is 0 Å². The van der Waals surface area contributed by atoms with Crippen LogP contribution in [0.15, 0.2) is 115 Å². The van der Waals surface area contributed by atoms with Crippen molar-refractivity contribution in [3.63, 3.8) is 0 Å². The number of hydrazine groups is 1. The van der Waals surface area contributed by atoms with Crippen LogP contribution in [-0.4, -0.2) is 5.97 Å². The third-order valence-corrected chi connectivity index (χ3v) is 5.26. The second-order valence-electron chi connectivity index (χ2n) is 7.09. The number of benzene rings is 4. The molecule has 5 rings (SSSR count). The SMILES string of the molecule is O=C1OC(c2ccccc2)(N(Nc2ccccc2)c2ccccc2)c2ccccc21. The van der Waals surface area contributed by atoms with Gasteiger partial charge in [0.1, 0.15) is 0 Å². The smallest absolute Gasteiger partial charge is 0.341 e. The van der Waals surface area contributed by atoms with Crippen molar-refractivity contribution in [3.8, 4) is 0 Å². The predicted molar refractivity (Wildman–Crippen MR) is 118 cm³/mol. The second-order valence-corrected chi connectivity index (χ2v) is 7.09. The summed E-state index contributed by atoms with van der Waals surface area (Å²) >= 11 is 0. The molecule has 0 aromatic heterocycles. The molecule has 1 aliphatic rings. The van der Waals surface area contributed by atoms with Gasteiger partial charge in [-0.15, -0.1) is 0 Å². The number of ether oxygens (including phenoxy) is 1. The van der Waals surface area contributed by atoms with Gasteiger partial charge in [-0.25, -0.2) is 9.80 Å². The maximum atomic E-state index is 13.0. The van der Waals surface area contributed by atoms with E-state index in [0.29, 0.717) is 5.56 Å². The number of anilines is 2. The van der Waals surface area contributed by atoms with Gasteiger partial charge in [0.2, 0.25) is 0 Å². The molecule has 1 unspecified atom stereocenters. The molecular formula is C26H20N2O2. The van der Waals surface area contributed by atoms with Crippen LogP contribution in [-0.2, 0) is 10.5 Å². The molecule has 1 heterocycles. The number of para-hydroxylation sites is 2. The molecule has 1 aliphatic heterocycles. The largest absolute Gasteiger partial charge is 0.425 e. The highest BCUT2D eigenvalue weighted by Gasteiger charge is 2.52. The van der Waals surface area contributed by atoms with Gasteiger partial charge in [0.05, 0.1) is 16.9 Å². The Bertz CT molecular complexity index is 1160. The van der Waals surface area contributed by atoms with Gasteiger partial charge in [-0.05, 0) is 30.3 Å². The summed E-state index contributed by atoms with van der Waals surface area (Å²) in [4.78, 5) is 13.0. The number of hydrogen-bond acceptors (Lipinski definition) is 4. The number of fused-ring (bicyclic) bond motifs is 1. The van der Waals surface area contributed by atoms with E-state index in [-0.39, 0.29) is 5.97 Å². The summed E-state index contributed by atoms with van der Waals surface area (Å²) in [5, 5.41) is 1.93. The van der Waals surface area contributed by atoms with Crippen molar-refractivity contribution >= 4 is 17.3 Å². The van der Waals surface area contributed by atoms with E-state index < -0.39 is 5.72 Å². The molecule has 0 spiro atoms. The van der Waals surface area contributed by atoms with Crippen LogP contribution in [0, 0.1) is 0 Å². The predicted octanol–water partition coefficient (Wildman–Crippen LogP) is 5.59. The number of cyclic esters (lactones) is 1. The van der Waals surface area contributed by atoms with Crippen LogP contribution in [0.5, 0.6) is 0 Å². The molecule has 4 aromatic rings. The lowest BCUT2D eigenvalue weighted by Crippen LogP contribution is -2.51. The Morgan fingerprint density at radius 3 is 1.93 bits per heavy atom. The van der Waals surface area contributed by atoms with Crippen LogP contribution in [0.2, 0.25) is 0 Å². The Hall–Kier alpha value is -4.05. The monoisotopic (exact) mass is 392 g/mol. The van der Waals surface area contributed by atoms with Crippen molar-refractivity contribution in [1.82, 2.24) is 0 Å². The number of nitrogens with one attached hydrogen (secondary N) is 1. The molecule has 0 bridgehead atoms. The van der Waals surface area contributed by atoms with E-state index in [9.17, 15) is 4.79 Å². The van der Waals surface area contributed by atoms with E-state index in [0.717, 1.165) is 22.5 Å². The lowest BCUT2D eigenvalue weighted by molar-refractivity contribution is 0.0111. The third-order valence-electron chi connectivity index (χ3n) is 5.26. The Labute approximate surface area is 175 Å². The Morgan fingerprint density at radius 1 is 0.667 bits per heavy atom. The number of hydrogen-bond donors (Lipinski definition) is 1. The Balaban J connectivity index is 1.77. The van der Waals surface area contributed by atoms with Gasteiger partial charge >= 0.3 is 5.97 Å². The summed E-state index contributed by atoms with van der Waals surface area (Å²) in [7, 11) is 0. The van der Waals surface area contributed by atoms with Gasteiger partial charge in [0.15, 0.2) is 0 Å². The van der Waals surface area contributed by atoms with Crippen LogP contribution in [0.4, 0.5) is 11.4 Å². The summed E-state index contributed by atoms with van der Waals surface area (Å²) in [6.45, 7) is 0. The number of esters is 1. The molecule has 4 heteroatoms. The fraction of sp³-hybridized carbons (Fsp3) is 0.0385. The first kappa shape index (κ1) is 18.0. The van der Waals surface area contributed by atoms with Crippen LogP contribution >= 0.6 is 0 Å². The first-order valence-corrected chi connectivity index (χ1v) is 9.84. The summed E-state index contributed by atoms with van der Waals surface area (Å²) in [5.41, 5.74) is 6.31. The van der Waals surface area contributed by atoms with Crippen molar-refractivity contribution in [3.05, 3.63) is 132 Å². The minimum absolute atomic E-state index is 0.342. The highest BCUT2D eigenvalue weighted by molar-refractivity contribution is 5.96. The van der Waals surface area contributed by atoms with E-state index in [4.69, 9.17) is 4.74 Å². The number of carbonyl (C=O) groups excluding carboxylic acids is 1. The topological polar surface area (TPSA) is 41.6 Å². The normalized spacial score (nSPS) is 17.1. The highest BCUT2D eigenvalue weighted by Crippen LogP contribution is 2.46. The fourth-order valence-electron chi connectivity index (χ4n) is 3.92. The minimum atomic E-state index is -1.16. The first-order chi connectivity index (χ1) is 14.8. The molecule has 0 fully saturated rings. The van der Waals surface area contributed by atoms with Gasteiger partial charge < -0.3 is 4.74 Å². The zero-order valence-electron chi connectivity index (χ0n) is 16.2. The van der Waals surface area contributed by atoms with Gasteiger partial charge in [-0.3, -0.25) is 5.43 Å². The third kappa shape index (κ3) is 2.90. The van der Waals surface area contributed by atoms with Crippen molar-refractivity contribution in [2.75, 3.05) is 10.4 Å². The average Bonchev–Trinajstić information content (AvgIpc) is 3.13. The van der Waals surface area contributed by atoms with Gasteiger partial charge in [-0.1, -0.05) is 84.9 Å². The Kier molecular flexibility index (Phi) is 4.45. The summed E-state index contributed by atoms with van der Waals surface area (Å²) in [5.74, 6) is -0.342. The lowest BCUT2D eigenvalue weighted by Gasteiger charge is -2.42. The van der Waals surface area contributed by atoms with Crippen LogP contribution in [0.3, 0.4) is 0 Å². The molecule has 0 radical (unpaired) electrons. The maximum absolute atomic E-state index is 13.0. The van der Waals surface area contributed by atoms with Gasteiger partial charge in [0, 0.05) is 11.1 Å². The van der Waals surface area contributed by atoms with E-state index in [1.807, 2.05) is 120 Å². The van der Waals surface area contributed by atoms with Crippen molar-refractivity contribution < 1.29 is 9.53 Å². The number of carbonyl (C=O) groups is 1. The van der Waals surface area contributed by atoms with Crippen molar-refractivity contribution in [2.45, 2.75) is 5.72 Å². The molecular weight excluding hydrogens is 372 g/mol. The molecule has 146 valence electrons. The highest BCUT2D eigenvalue weighted by atomic mass is 16.6. The second kappa shape index (κ2) is 7.41. The van der Waals surface area contributed by atoms with E-state index in [1.165, 1.54) is 0 Å². The minimum Gasteiger partial charge on any atom is -0.425 e. The molecule has 30 heavy (non-hydrogen) atoms. The number of rotatable bonds is 5. The van der Waals surface area contributed by atoms with Crippen molar-refractivity contribution in [2.24, 2.45) is 0 Å². The molecule has 4 nitrogen and oxygen atoms in total. The summed E-state index contributed by atoms with van der Waals surface area (Å²) in [6, 6.07) is 37.2. The van der Waals surface area contributed by atoms with Crippen LogP contribution < -0.4 is 10.4 Å². The van der Waals surface area contributed by atoms with Gasteiger partial charge in [-0.2, -0.15) is 0 Å². The standard InChI is InChI=1S/C26H20N2O2/c29-25-23-18-10-11-19-24(23)26(30-25,20-12-4-1-5-13-20)28(22-16-8-3-9-17-22)27-21-14-6-2-7-15-21/h1-19,27H. The number of nitrogens with zero attached hydrogens (tertiary/aromatic N) is 1. The molecule has 1 N–H and O–H groups in total. The Morgan fingerprint density at radius 2 is 1.23 bits per heavy atom. The zero-order valence-corrected chi connectivity index (χ0v) is 16.2. The van der Waals surface area contributed by atoms with Gasteiger partial charge in [0.25, 0.3) is 5.72 Å². The van der Waals surface area contributed by atoms with Crippen LogP contribution in [0.1, 0.15) is 21.5 Å². The molecule has 0 saturated carbocycles. The molecule has 1 atom stereocenters. The fourth-order valence-corrected chi connectivity index (χ4v) is 3.92. The molecule has 4 aromatic carbocycles. The van der Waals surface area contributed by atoms with E-state index >= 15 is 0 Å². The first-order valence-electron chi connectivity index (χ1n) is 9.84. The quantitative estimate of drug-likeness (QED) is 0.355. The van der Waals surface area contributed by atoms with E-state index in [1.54, 1.807) is 0 Å². The zero-order chi connectivity index (χ0) is 20.4.